The van der Waals surface area contributed by atoms with Crippen molar-refractivity contribution in [3.05, 3.63) is 35.4 Å². The van der Waals surface area contributed by atoms with Gasteiger partial charge in [0.05, 0.1) is 5.54 Å². The molecule has 0 spiro atoms. The summed E-state index contributed by atoms with van der Waals surface area (Å²) in [4.78, 5) is 12.4. The lowest BCUT2D eigenvalue weighted by Crippen LogP contribution is -2.52. The molecule has 2 rings (SSSR count). The third-order valence-corrected chi connectivity index (χ3v) is 4.38. The van der Waals surface area contributed by atoms with Crippen LogP contribution in [0.4, 0.5) is 0 Å². The first-order chi connectivity index (χ1) is 9.57. The summed E-state index contributed by atoms with van der Waals surface area (Å²) in [7, 11) is 0. The van der Waals surface area contributed by atoms with Crippen LogP contribution < -0.4 is 10.6 Å². The van der Waals surface area contributed by atoms with Crippen molar-refractivity contribution >= 4 is 5.91 Å². The minimum absolute atomic E-state index is 0.144. The summed E-state index contributed by atoms with van der Waals surface area (Å²) in [5.74, 6) is 0.690. The second kappa shape index (κ2) is 6.40. The van der Waals surface area contributed by atoms with Gasteiger partial charge in [-0.15, -0.1) is 0 Å². The molecule has 2 N–H and O–H groups in total. The largest absolute Gasteiger partial charge is 0.350 e. The van der Waals surface area contributed by atoms with Gasteiger partial charge in [-0.25, -0.2) is 0 Å². The molecular weight excluding hydrogens is 248 g/mol. The minimum atomic E-state index is -0.335. The second-order valence-corrected chi connectivity index (χ2v) is 6.04. The molecule has 1 fully saturated rings. The zero-order valence-corrected chi connectivity index (χ0v) is 12.8. The Balaban J connectivity index is 1.93. The smallest absolute Gasteiger partial charge is 0.240 e. The van der Waals surface area contributed by atoms with Gasteiger partial charge >= 0.3 is 0 Å². The molecule has 20 heavy (non-hydrogen) atoms. The summed E-state index contributed by atoms with van der Waals surface area (Å²) in [6.07, 6.45) is 2.89. The van der Waals surface area contributed by atoms with Gasteiger partial charge in [-0.2, -0.15) is 0 Å². The van der Waals surface area contributed by atoms with Gasteiger partial charge in [0, 0.05) is 6.54 Å². The Labute approximate surface area is 122 Å². The number of carbonyl (C=O) groups excluding carboxylic acids is 1. The number of benzene rings is 1. The summed E-state index contributed by atoms with van der Waals surface area (Å²) in [5, 5.41) is 6.45. The molecule has 3 nitrogen and oxygen atoms in total. The van der Waals surface area contributed by atoms with Crippen molar-refractivity contribution in [2.45, 2.75) is 58.0 Å². The SMILES string of the molecule is CCC1(C(=O)NCc2ccc(C(C)C)cc2)CCCN1. The van der Waals surface area contributed by atoms with Gasteiger partial charge in [0.2, 0.25) is 5.91 Å². The molecule has 1 aliphatic heterocycles. The van der Waals surface area contributed by atoms with E-state index in [4.69, 9.17) is 0 Å². The molecule has 0 aromatic heterocycles. The molecule has 1 heterocycles. The van der Waals surface area contributed by atoms with E-state index in [1.807, 2.05) is 0 Å². The average molecular weight is 274 g/mol. The molecule has 1 amide bonds. The molecule has 0 radical (unpaired) electrons. The maximum absolute atomic E-state index is 12.4. The fraction of sp³-hybridized carbons (Fsp3) is 0.588. The molecule has 1 aliphatic rings. The summed E-state index contributed by atoms with van der Waals surface area (Å²) < 4.78 is 0. The van der Waals surface area contributed by atoms with Gasteiger partial charge in [-0.05, 0) is 42.9 Å². The lowest BCUT2D eigenvalue weighted by Gasteiger charge is -2.26. The number of amides is 1. The molecule has 1 aromatic carbocycles. The third kappa shape index (κ3) is 3.21. The predicted molar refractivity (Wildman–Crippen MR) is 82.6 cm³/mol. The number of hydrogen-bond donors (Lipinski definition) is 2. The summed E-state index contributed by atoms with van der Waals surface area (Å²) >= 11 is 0. The Morgan fingerprint density at radius 1 is 1.35 bits per heavy atom. The van der Waals surface area contributed by atoms with E-state index in [0.717, 1.165) is 31.4 Å². The van der Waals surface area contributed by atoms with Crippen LogP contribution in [0.1, 0.15) is 57.1 Å². The van der Waals surface area contributed by atoms with Crippen LogP contribution in [0.2, 0.25) is 0 Å². The standard InChI is InChI=1S/C17H26N2O/c1-4-17(10-5-11-19-17)16(20)18-12-14-6-8-15(9-7-14)13(2)3/h6-9,13,19H,4-5,10-12H2,1-3H3,(H,18,20). The minimum Gasteiger partial charge on any atom is -0.350 e. The van der Waals surface area contributed by atoms with E-state index in [9.17, 15) is 4.79 Å². The van der Waals surface area contributed by atoms with E-state index >= 15 is 0 Å². The van der Waals surface area contributed by atoms with Crippen LogP contribution in [-0.4, -0.2) is 18.0 Å². The molecule has 1 unspecified atom stereocenters. The highest BCUT2D eigenvalue weighted by Gasteiger charge is 2.38. The Bertz CT molecular complexity index is 445. The molecule has 1 aromatic rings. The number of nitrogens with one attached hydrogen (secondary N) is 2. The van der Waals surface area contributed by atoms with E-state index in [-0.39, 0.29) is 11.4 Å². The first-order valence-corrected chi connectivity index (χ1v) is 7.69. The molecule has 0 aliphatic carbocycles. The Morgan fingerprint density at radius 3 is 2.55 bits per heavy atom. The lowest BCUT2D eigenvalue weighted by molar-refractivity contribution is -0.127. The fourth-order valence-electron chi connectivity index (χ4n) is 2.83. The first kappa shape index (κ1) is 15.0. The number of rotatable bonds is 5. The average Bonchev–Trinajstić information content (AvgIpc) is 2.95. The molecular formula is C17H26N2O. The molecule has 110 valence electrons. The highest BCUT2D eigenvalue weighted by atomic mass is 16.2. The highest BCUT2D eigenvalue weighted by molar-refractivity contribution is 5.86. The van der Waals surface area contributed by atoms with E-state index in [2.05, 4.69) is 55.7 Å². The van der Waals surface area contributed by atoms with Crippen molar-refractivity contribution in [3.8, 4) is 0 Å². The maximum Gasteiger partial charge on any atom is 0.240 e. The van der Waals surface area contributed by atoms with Gasteiger partial charge in [0.1, 0.15) is 0 Å². The van der Waals surface area contributed by atoms with E-state index < -0.39 is 0 Å². The first-order valence-electron chi connectivity index (χ1n) is 7.69. The van der Waals surface area contributed by atoms with Gasteiger partial charge in [0.15, 0.2) is 0 Å². The molecule has 1 atom stereocenters. The highest BCUT2D eigenvalue weighted by Crippen LogP contribution is 2.23. The molecule has 0 saturated carbocycles. The van der Waals surface area contributed by atoms with Crippen LogP contribution in [0.3, 0.4) is 0 Å². The monoisotopic (exact) mass is 274 g/mol. The van der Waals surface area contributed by atoms with Gasteiger partial charge < -0.3 is 10.6 Å². The van der Waals surface area contributed by atoms with Crippen molar-refractivity contribution in [1.29, 1.82) is 0 Å². The molecule has 1 saturated heterocycles. The van der Waals surface area contributed by atoms with Crippen molar-refractivity contribution in [2.75, 3.05) is 6.54 Å². The summed E-state index contributed by atoms with van der Waals surface area (Å²) in [5.41, 5.74) is 2.16. The van der Waals surface area contributed by atoms with E-state index in [0.29, 0.717) is 12.5 Å². The van der Waals surface area contributed by atoms with Crippen LogP contribution in [0.15, 0.2) is 24.3 Å². The fourth-order valence-corrected chi connectivity index (χ4v) is 2.83. The topological polar surface area (TPSA) is 41.1 Å². The Hall–Kier alpha value is -1.35. The van der Waals surface area contributed by atoms with Crippen LogP contribution in [-0.2, 0) is 11.3 Å². The summed E-state index contributed by atoms with van der Waals surface area (Å²) in [6, 6.07) is 8.51. The van der Waals surface area contributed by atoms with E-state index in [1.165, 1.54) is 5.56 Å². The van der Waals surface area contributed by atoms with Crippen molar-refractivity contribution in [2.24, 2.45) is 0 Å². The van der Waals surface area contributed by atoms with Crippen LogP contribution in [0, 0.1) is 0 Å². The van der Waals surface area contributed by atoms with Crippen LogP contribution in [0.25, 0.3) is 0 Å². The van der Waals surface area contributed by atoms with Crippen molar-refractivity contribution < 1.29 is 4.79 Å². The van der Waals surface area contributed by atoms with Gasteiger partial charge in [0.25, 0.3) is 0 Å². The lowest BCUT2D eigenvalue weighted by atomic mass is 9.93. The van der Waals surface area contributed by atoms with Crippen LogP contribution >= 0.6 is 0 Å². The Morgan fingerprint density at radius 2 is 2.05 bits per heavy atom. The zero-order chi connectivity index (χ0) is 14.6. The van der Waals surface area contributed by atoms with Gasteiger partial charge in [-0.3, -0.25) is 4.79 Å². The normalized spacial score (nSPS) is 22.2. The van der Waals surface area contributed by atoms with Gasteiger partial charge in [-0.1, -0.05) is 45.0 Å². The quantitative estimate of drug-likeness (QED) is 0.866. The Kier molecular flexibility index (Phi) is 4.81. The maximum atomic E-state index is 12.4. The summed E-state index contributed by atoms with van der Waals surface area (Å²) in [6.45, 7) is 8.02. The molecule has 3 heteroatoms. The number of carbonyl (C=O) groups is 1. The third-order valence-electron chi connectivity index (χ3n) is 4.38. The van der Waals surface area contributed by atoms with Crippen LogP contribution in [0.5, 0.6) is 0 Å². The van der Waals surface area contributed by atoms with Crippen molar-refractivity contribution in [3.63, 3.8) is 0 Å². The van der Waals surface area contributed by atoms with E-state index in [1.54, 1.807) is 0 Å². The zero-order valence-electron chi connectivity index (χ0n) is 12.8. The second-order valence-electron chi connectivity index (χ2n) is 6.04. The van der Waals surface area contributed by atoms with Crippen molar-refractivity contribution in [1.82, 2.24) is 10.6 Å². The number of hydrogen-bond acceptors (Lipinski definition) is 2. The predicted octanol–water partition coefficient (Wildman–Crippen LogP) is 2.96. The molecule has 0 bridgehead atoms.